The summed E-state index contributed by atoms with van der Waals surface area (Å²) < 4.78 is 30.9. The standard InChI is InChI=1S/C9H5BrF2N2O/c10-9-5(11)1-4(2-6(9)12)7-3-8(13)14-15-7/h1-3H,(H2,13,14). The quantitative estimate of drug-likeness (QED) is 0.814. The topological polar surface area (TPSA) is 52.0 Å². The van der Waals surface area contributed by atoms with E-state index in [1.807, 2.05) is 0 Å². The number of aromatic nitrogens is 1. The predicted octanol–water partition coefficient (Wildman–Crippen LogP) is 2.96. The van der Waals surface area contributed by atoms with Crippen LogP contribution in [0.1, 0.15) is 0 Å². The summed E-state index contributed by atoms with van der Waals surface area (Å²) >= 11 is 2.77. The largest absolute Gasteiger partial charge is 0.381 e. The maximum atomic E-state index is 13.2. The number of nitrogen functional groups attached to an aromatic ring is 1. The molecule has 0 radical (unpaired) electrons. The van der Waals surface area contributed by atoms with Crippen molar-refractivity contribution in [3.05, 3.63) is 34.3 Å². The van der Waals surface area contributed by atoms with Crippen LogP contribution in [0.2, 0.25) is 0 Å². The van der Waals surface area contributed by atoms with Crippen LogP contribution in [0.25, 0.3) is 11.3 Å². The highest BCUT2D eigenvalue weighted by molar-refractivity contribution is 9.10. The molecular formula is C9H5BrF2N2O. The maximum absolute atomic E-state index is 13.2. The van der Waals surface area contributed by atoms with Gasteiger partial charge in [-0.2, -0.15) is 0 Å². The maximum Gasteiger partial charge on any atom is 0.169 e. The molecule has 0 unspecified atom stereocenters. The van der Waals surface area contributed by atoms with Crippen LogP contribution in [0, 0.1) is 11.6 Å². The third-order valence-electron chi connectivity index (χ3n) is 1.80. The Morgan fingerprint density at radius 2 is 1.80 bits per heavy atom. The van der Waals surface area contributed by atoms with Gasteiger partial charge in [0.15, 0.2) is 11.6 Å². The molecule has 15 heavy (non-hydrogen) atoms. The summed E-state index contributed by atoms with van der Waals surface area (Å²) in [6, 6.07) is 3.66. The van der Waals surface area contributed by atoms with Gasteiger partial charge < -0.3 is 10.3 Å². The highest BCUT2D eigenvalue weighted by Gasteiger charge is 2.12. The van der Waals surface area contributed by atoms with Crippen LogP contribution >= 0.6 is 15.9 Å². The predicted molar refractivity (Wildman–Crippen MR) is 54.0 cm³/mol. The molecule has 0 saturated carbocycles. The van der Waals surface area contributed by atoms with Crippen molar-refractivity contribution in [1.29, 1.82) is 0 Å². The molecule has 1 aromatic heterocycles. The zero-order chi connectivity index (χ0) is 11.0. The lowest BCUT2D eigenvalue weighted by atomic mass is 10.1. The molecule has 0 spiro atoms. The zero-order valence-electron chi connectivity index (χ0n) is 7.30. The first-order chi connectivity index (χ1) is 7.08. The first kappa shape index (κ1) is 10.1. The molecule has 6 heteroatoms. The Hall–Kier alpha value is -1.43. The average molecular weight is 275 g/mol. The van der Waals surface area contributed by atoms with Gasteiger partial charge in [-0.05, 0) is 28.1 Å². The van der Waals surface area contributed by atoms with Gasteiger partial charge in [-0.25, -0.2) is 8.78 Å². The lowest BCUT2D eigenvalue weighted by Crippen LogP contribution is -1.86. The number of nitrogens with zero attached hydrogens (tertiary/aromatic N) is 1. The summed E-state index contributed by atoms with van der Waals surface area (Å²) in [5.41, 5.74) is 5.57. The molecule has 0 aliphatic carbocycles. The van der Waals surface area contributed by atoms with Crippen molar-refractivity contribution in [3.63, 3.8) is 0 Å². The minimum absolute atomic E-state index is 0.161. The average Bonchev–Trinajstić information content (AvgIpc) is 2.60. The fraction of sp³-hybridized carbons (Fsp3) is 0. The second kappa shape index (κ2) is 3.62. The summed E-state index contributed by atoms with van der Waals surface area (Å²) in [4.78, 5) is 0. The van der Waals surface area contributed by atoms with E-state index in [1.165, 1.54) is 6.07 Å². The van der Waals surface area contributed by atoms with Gasteiger partial charge in [0.1, 0.15) is 11.6 Å². The van der Waals surface area contributed by atoms with Gasteiger partial charge in [0, 0.05) is 11.6 Å². The van der Waals surface area contributed by atoms with Crippen LogP contribution in [-0.2, 0) is 0 Å². The molecular weight excluding hydrogens is 270 g/mol. The number of hydrogen-bond donors (Lipinski definition) is 1. The fourth-order valence-corrected chi connectivity index (χ4v) is 1.35. The van der Waals surface area contributed by atoms with Gasteiger partial charge >= 0.3 is 0 Å². The van der Waals surface area contributed by atoms with Crippen molar-refractivity contribution in [2.75, 3.05) is 5.73 Å². The second-order valence-electron chi connectivity index (χ2n) is 2.87. The lowest BCUT2D eigenvalue weighted by molar-refractivity contribution is 0.435. The van der Waals surface area contributed by atoms with E-state index in [4.69, 9.17) is 10.3 Å². The Morgan fingerprint density at radius 3 is 2.27 bits per heavy atom. The lowest BCUT2D eigenvalue weighted by Gasteiger charge is -1.99. The Bertz CT molecular complexity index is 490. The summed E-state index contributed by atoms with van der Waals surface area (Å²) in [6.07, 6.45) is 0. The number of halogens is 3. The van der Waals surface area contributed by atoms with Crippen LogP contribution in [0.15, 0.2) is 27.2 Å². The first-order valence-corrected chi connectivity index (χ1v) is 4.74. The third-order valence-corrected chi connectivity index (χ3v) is 2.55. The van der Waals surface area contributed by atoms with E-state index in [0.29, 0.717) is 0 Å². The van der Waals surface area contributed by atoms with E-state index in [-0.39, 0.29) is 21.6 Å². The normalized spacial score (nSPS) is 10.6. The molecule has 1 heterocycles. The smallest absolute Gasteiger partial charge is 0.169 e. The number of benzene rings is 1. The fourth-order valence-electron chi connectivity index (χ4n) is 1.12. The first-order valence-electron chi connectivity index (χ1n) is 3.95. The molecule has 78 valence electrons. The Morgan fingerprint density at radius 1 is 1.20 bits per heavy atom. The SMILES string of the molecule is Nc1cc(-c2cc(F)c(Br)c(F)c2)on1. The molecule has 2 aromatic rings. The monoisotopic (exact) mass is 274 g/mol. The van der Waals surface area contributed by atoms with E-state index in [2.05, 4.69) is 21.1 Å². The van der Waals surface area contributed by atoms with Crippen molar-refractivity contribution < 1.29 is 13.3 Å². The van der Waals surface area contributed by atoms with Crippen LogP contribution in [0.3, 0.4) is 0 Å². The van der Waals surface area contributed by atoms with Crippen LogP contribution < -0.4 is 5.73 Å². The van der Waals surface area contributed by atoms with E-state index < -0.39 is 11.6 Å². The van der Waals surface area contributed by atoms with E-state index >= 15 is 0 Å². The molecule has 0 saturated heterocycles. The van der Waals surface area contributed by atoms with Gasteiger partial charge in [0.25, 0.3) is 0 Å². The zero-order valence-corrected chi connectivity index (χ0v) is 8.88. The van der Waals surface area contributed by atoms with Crippen LogP contribution in [-0.4, -0.2) is 5.16 Å². The van der Waals surface area contributed by atoms with Crippen molar-refractivity contribution in [1.82, 2.24) is 5.16 Å². The molecule has 0 bridgehead atoms. The number of nitrogens with two attached hydrogens (primary N) is 1. The van der Waals surface area contributed by atoms with E-state index in [9.17, 15) is 8.78 Å². The van der Waals surface area contributed by atoms with Gasteiger partial charge in [0.2, 0.25) is 0 Å². The Balaban J connectivity index is 2.55. The van der Waals surface area contributed by atoms with Gasteiger partial charge in [-0.3, -0.25) is 0 Å². The molecule has 0 fully saturated rings. The summed E-state index contributed by atoms with van der Waals surface area (Å²) in [6.45, 7) is 0. The molecule has 0 amide bonds. The van der Waals surface area contributed by atoms with Gasteiger partial charge in [-0.15, -0.1) is 0 Å². The number of rotatable bonds is 1. The van der Waals surface area contributed by atoms with Gasteiger partial charge in [-0.1, -0.05) is 5.16 Å². The van der Waals surface area contributed by atoms with Gasteiger partial charge in [0.05, 0.1) is 4.47 Å². The molecule has 2 rings (SSSR count). The van der Waals surface area contributed by atoms with Crippen molar-refractivity contribution >= 4 is 21.7 Å². The van der Waals surface area contributed by atoms with Crippen molar-refractivity contribution in [2.24, 2.45) is 0 Å². The summed E-state index contributed by atoms with van der Waals surface area (Å²) in [7, 11) is 0. The molecule has 1 aromatic carbocycles. The molecule has 2 N–H and O–H groups in total. The van der Waals surface area contributed by atoms with E-state index in [1.54, 1.807) is 0 Å². The second-order valence-corrected chi connectivity index (χ2v) is 3.66. The molecule has 0 atom stereocenters. The number of hydrogen-bond acceptors (Lipinski definition) is 3. The van der Waals surface area contributed by atoms with Crippen molar-refractivity contribution in [2.45, 2.75) is 0 Å². The minimum Gasteiger partial charge on any atom is -0.381 e. The minimum atomic E-state index is -0.708. The summed E-state index contributed by atoms with van der Waals surface area (Å²) in [5, 5.41) is 3.42. The van der Waals surface area contributed by atoms with Crippen molar-refractivity contribution in [3.8, 4) is 11.3 Å². The highest BCUT2D eigenvalue weighted by Crippen LogP contribution is 2.28. The third kappa shape index (κ3) is 1.85. The molecule has 0 aliphatic heterocycles. The Kier molecular flexibility index (Phi) is 2.44. The van der Waals surface area contributed by atoms with E-state index in [0.717, 1.165) is 12.1 Å². The molecule has 3 nitrogen and oxygen atoms in total. The highest BCUT2D eigenvalue weighted by atomic mass is 79.9. The van der Waals surface area contributed by atoms with Crippen LogP contribution in [0.5, 0.6) is 0 Å². The summed E-state index contributed by atoms with van der Waals surface area (Å²) in [5.74, 6) is -1.04. The molecule has 0 aliphatic rings. The number of anilines is 1. The Labute approximate surface area is 92.0 Å². The van der Waals surface area contributed by atoms with Crippen LogP contribution in [0.4, 0.5) is 14.6 Å².